The fraction of sp³-hybridized carbons (Fsp3) is 0.533. The molecular weight excluding hydrogens is 326 g/mol. The van der Waals surface area contributed by atoms with Gasteiger partial charge in [0.25, 0.3) is 5.91 Å². The first-order valence-corrected chi connectivity index (χ1v) is 8.07. The quantitative estimate of drug-likeness (QED) is 0.764. The molecule has 0 radical (unpaired) electrons. The van der Waals surface area contributed by atoms with E-state index in [2.05, 4.69) is 15.9 Å². The van der Waals surface area contributed by atoms with Crippen molar-refractivity contribution in [2.45, 2.75) is 45.1 Å². The van der Waals surface area contributed by atoms with Gasteiger partial charge in [-0.1, -0.05) is 36.9 Å². The number of carbonyl (C=O) groups is 1. The van der Waals surface area contributed by atoms with Gasteiger partial charge in [0.2, 0.25) is 0 Å². The zero-order chi connectivity index (χ0) is 13.8. The fourth-order valence-corrected chi connectivity index (χ4v) is 3.36. The topological polar surface area (TPSA) is 20.3 Å². The molecule has 0 aliphatic heterocycles. The normalized spacial score (nSPS) is 16.4. The molecule has 1 fully saturated rings. The highest BCUT2D eigenvalue weighted by Crippen LogP contribution is 2.29. The Kier molecular flexibility index (Phi) is 5.28. The highest BCUT2D eigenvalue weighted by atomic mass is 79.9. The Labute approximate surface area is 128 Å². The van der Waals surface area contributed by atoms with Crippen molar-refractivity contribution < 1.29 is 4.79 Å². The summed E-state index contributed by atoms with van der Waals surface area (Å²) in [7, 11) is 0. The second kappa shape index (κ2) is 6.76. The van der Waals surface area contributed by atoms with Gasteiger partial charge < -0.3 is 4.90 Å². The van der Waals surface area contributed by atoms with Crippen LogP contribution < -0.4 is 0 Å². The Morgan fingerprint density at radius 1 is 1.37 bits per heavy atom. The number of benzene rings is 1. The van der Waals surface area contributed by atoms with Crippen LogP contribution in [-0.2, 0) is 0 Å². The Balaban J connectivity index is 2.22. The first-order chi connectivity index (χ1) is 9.15. The lowest BCUT2D eigenvalue weighted by atomic mass is 9.93. The predicted octanol–water partition coefficient (Wildman–Crippen LogP) is 4.90. The molecule has 1 amide bonds. The van der Waals surface area contributed by atoms with E-state index < -0.39 is 0 Å². The predicted molar refractivity (Wildman–Crippen MR) is 82.7 cm³/mol. The second-order valence-electron chi connectivity index (χ2n) is 4.98. The lowest BCUT2D eigenvalue weighted by molar-refractivity contribution is 0.0648. The molecule has 1 saturated carbocycles. The van der Waals surface area contributed by atoms with E-state index in [0.29, 0.717) is 16.6 Å². The van der Waals surface area contributed by atoms with E-state index in [1.165, 1.54) is 19.3 Å². The van der Waals surface area contributed by atoms with E-state index in [-0.39, 0.29) is 5.91 Å². The van der Waals surface area contributed by atoms with Crippen molar-refractivity contribution in [3.05, 3.63) is 33.3 Å². The maximum absolute atomic E-state index is 12.7. The summed E-state index contributed by atoms with van der Waals surface area (Å²) in [6, 6.07) is 5.90. The van der Waals surface area contributed by atoms with Crippen LogP contribution in [0.1, 0.15) is 49.4 Å². The number of carbonyl (C=O) groups excluding carboxylic acids is 1. The zero-order valence-corrected chi connectivity index (χ0v) is 13.5. The van der Waals surface area contributed by atoms with Crippen molar-refractivity contribution in [3.63, 3.8) is 0 Å². The van der Waals surface area contributed by atoms with Crippen LogP contribution in [0.2, 0.25) is 5.02 Å². The third-order valence-electron chi connectivity index (χ3n) is 3.80. The molecule has 0 spiro atoms. The lowest BCUT2D eigenvalue weighted by Gasteiger charge is -2.33. The maximum Gasteiger partial charge on any atom is 0.255 e. The number of halogens is 2. The van der Waals surface area contributed by atoms with Gasteiger partial charge in [-0.05, 0) is 47.8 Å². The average Bonchev–Trinajstić information content (AvgIpc) is 2.44. The molecule has 1 aromatic carbocycles. The molecule has 2 nitrogen and oxygen atoms in total. The molecule has 0 saturated heterocycles. The summed E-state index contributed by atoms with van der Waals surface area (Å²) in [6.45, 7) is 2.78. The van der Waals surface area contributed by atoms with Gasteiger partial charge >= 0.3 is 0 Å². The fourth-order valence-electron chi connectivity index (χ4n) is 2.78. The third-order valence-corrected chi connectivity index (χ3v) is 5.10. The van der Waals surface area contributed by atoms with Crippen LogP contribution in [0.3, 0.4) is 0 Å². The number of amides is 1. The lowest BCUT2D eigenvalue weighted by Crippen LogP contribution is -2.41. The van der Waals surface area contributed by atoms with Crippen molar-refractivity contribution in [3.8, 4) is 0 Å². The third kappa shape index (κ3) is 3.32. The first kappa shape index (κ1) is 14.9. The summed E-state index contributed by atoms with van der Waals surface area (Å²) in [5.41, 5.74) is 0.600. The number of hydrogen-bond donors (Lipinski definition) is 0. The molecule has 104 valence electrons. The van der Waals surface area contributed by atoms with Gasteiger partial charge in [0.15, 0.2) is 0 Å². The van der Waals surface area contributed by atoms with E-state index >= 15 is 0 Å². The van der Waals surface area contributed by atoms with Crippen LogP contribution in [0.25, 0.3) is 0 Å². The summed E-state index contributed by atoms with van der Waals surface area (Å²) in [5.74, 6) is 0.0562. The highest BCUT2D eigenvalue weighted by molar-refractivity contribution is 9.10. The SMILES string of the molecule is CCN(C(=O)c1cccc(Br)c1Cl)C1CCCCC1. The van der Waals surface area contributed by atoms with Gasteiger partial charge in [-0.2, -0.15) is 0 Å². The van der Waals surface area contributed by atoms with Crippen LogP contribution in [-0.4, -0.2) is 23.4 Å². The summed E-state index contributed by atoms with van der Waals surface area (Å²) in [6.07, 6.45) is 5.97. The van der Waals surface area contributed by atoms with Gasteiger partial charge in [0.1, 0.15) is 0 Å². The Bertz CT molecular complexity index is 457. The Hall–Kier alpha value is -0.540. The molecule has 1 aliphatic rings. The molecule has 1 aliphatic carbocycles. The van der Waals surface area contributed by atoms with Gasteiger partial charge in [0.05, 0.1) is 10.6 Å². The van der Waals surface area contributed by atoms with Crippen LogP contribution in [0.15, 0.2) is 22.7 Å². The van der Waals surface area contributed by atoms with Crippen LogP contribution in [0, 0.1) is 0 Å². The van der Waals surface area contributed by atoms with Crippen molar-refractivity contribution in [1.82, 2.24) is 4.90 Å². The Morgan fingerprint density at radius 3 is 2.68 bits per heavy atom. The minimum Gasteiger partial charge on any atom is -0.336 e. The summed E-state index contributed by atoms with van der Waals surface area (Å²) < 4.78 is 0.778. The minimum absolute atomic E-state index is 0.0562. The van der Waals surface area contributed by atoms with E-state index in [9.17, 15) is 4.79 Å². The molecule has 0 N–H and O–H groups in total. The molecular formula is C15H19BrClNO. The van der Waals surface area contributed by atoms with Crippen LogP contribution in [0.4, 0.5) is 0 Å². The maximum atomic E-state index is 12.7. The molecule has 0 unspecified atom stereocenters. The molecule has 0 heterocycles. The number of rotatable bonds is 3. The largest absolute Gasteiger partial charge is 0.336 e. The molecule has 0 atom stereocenters. The minimum atomic E-state index is 0.0562. The van der Waals surface area contributed by atoms with Gasteiger partial charge in [0, 0.05) is 17.1 Å². The van der Waals surface area contributed by atoms with Crippen LogP contribution in [0.5, 0.6) is 0 Å². The molecule has 1 aromatic rings. The molecule has 4 heteroatoms. The second-order valence-corrected chi connectivity index (χ2v) is 6.22. The van der Waals surface area contributed by atoms with Gasteiger partial charge in [-0.15, -0.1) is 0 Å². The Morgan fingerprint density at radius 2 is 2.05 bits per heavy atom. The molecule has 0 bridgehead atoms. The van der Waals surface area contributed by atoms with Crippen molar-refractivity contribution >= 4 is 33.4 Å². The summed E-state index contributed by atoms with van der Waals surface area (Å²) >= 11 is 9.61. The van der Waals surface area contributed by atoms with Crippen molar-refractivity contribution in [2.24, 2.45) is 0 Å². The average molecular weight is 345 g/mol. The molecule has 19 heavy (non-hydrogen) atoms. The molecule has 2 rings (SSSR count). The van der Waals surface area contributed by atoms with E-state index in [1.54, 1.807) is 6.07 Å². The van der Waals surface area contributed by atoms with Gasteiger partial charge in [-0.3, -0.25) is 4.79 Å². The monoisotopic (exact) mass is 343 g/mol. The zero-order valence-electron chi connectivity index (χ0n) is 11.2. The number of hydrogen-bond acceptors (Lipinski definition) is 1. The summed E-state index contributed by atoms with van der Waals surface area (Å²) in [5, 5.41) is 0.516. The van der Waals surface area contributed by atoms with Gasteiger partial charge in [-0.25, -0.2) is 0 Å². The van der Waals surface area contributed by atoms with Crippen molar-refractivity contribution in [2.75, 3.05) is 6.54 Å². The van der Waals surface area contributed by atoms with Crippen molar-refractivity contribution in [1.29, 1.82) is 0 Å². The summed E-state index contributed by atoms with van der Waals surface area (Å²) in [4.78, 5) is 14.6. The number of nitrogens with zero attached hydrogens (tertiary/aromatic N) is 1. The first-order valence-electron chi connectivity index (χ1n) is 6.90. The molecule has 0 aromatic heterocycles. The van der Waals surface area contributed by atoms with E-state index in [4.69, 9.17) is 11.6 Å². The highest BCUT2D eigenvalue weighted by Gasteiger charge is 2.26. The smallest absolute Gasteiger partial charge is 0.255 e. The van der Waals surface area contributed by atoms with Crippen LogP contribution >= 0.6 is 27.5 Å². The standard InChI is InChI=1S/C15H19BrClNO/c1-2-18(11-7-4-3-5-8-11)15(19)12-9-6-10-13(16)14(12)17/h6,9-11H,2-5,7-8H2,1H3. The van der Waals surface area contributed by atoms with E-state index in [1.807, 2.05) is 24.0 Å². The van der Waals surface area contributed by atoms with E-state index in [0.717, 1.165) is 23.9 Å².